The fraction of sp³-hybridized carbons (Fsp3) is 0.333. The van der Waals surface area contributed by atoms with E-state index < -0.39 is 10.0 Å². The molecule has 1 amide bonds. The van der Waals surface area contributed by atoms with Crippen molar-refractivity contribution < 1.29 is 13.2 Å². The van der Waals surface area contributed by atoms with Gasteiger partial charge in [-0.1, -0.05) is 24.3 Å². The van der Waals surface area contributed by atoms with Gasteiger partial charge in [-0.05, 0) is 49.6 Å². The molecule has 4 rings (SSSR count). The number of sulfonamides is 1. The summed E-state index contributed by atoms with van der Waals surface area (Å²) in [6.07, 6.45) is 2.39. The molecule has 7 nitrogen and oxygen atoms in total. The van der Waals surface area contributed by atoms with Crippen molar-refractivity contribution in [3.05, 3.63) is 54.1 Å². The molecule has 0 saturated heterocycles. The van der Waals surface area contributed by atoms with Crippen molar-refractivity contribution in [3.8, 4) is 0 Å². The van der Waals surface area contributed by atoms with Gasteiger partial charge in [0.2, 0.25) is 5.91 Å². The average Bonchev–Trinajstić information content (AvgIpc) is 3.29. The van der Waals surface area contributed by atoms with Gasteiger partial charge in [0.05, 0.1) is 11.4 Å². The van der Waals surface area contributed by atoms with Crippen LogP contribution in [0.25, 0.3) is 0 Å². The van der Waals surface area contributed by atoms with E-state index in [-0.39, 0.29) is 23.4 Å². The van der Waals surface area contributed by atoms with Crippen LogP contribution in [0.15, 0.2) is 58.4 Å². The number of carbonyl (C=O) groups excluding carboxylic acids is 1. The zero-order chi connectivity index (χ0) is 20.4. The van der Waals surface area contributed by atoms with Crippen LogP contribution in [0.3, 0.4) is 0 Å². The van der Waals surface area contributed by atoms with Crippen molar-refractivity contribution in [2.45, 2.75) is 37.1 Å². The zero-order valence-electron chi connectivity index (χ0n) is 16.3. The number of para-hydroxylation sites is 1. The normalized spacial score (nSPS) is 18.3. The van der Waals surface area contributed by atoms with Crippen LogP contribution in [0, 0.1) is 0 Å². The Labute approximate surface area is 170 Å². The van der Waals surface area contributed by atoms with Crippen LogP contribution >= 0.6 is 0 Å². The predicted octanol–water partition coefficient (Wildman–Crippen LogP) is 2.55. The SMILES string of the molecule is C[C@H]1Cc2ccccc2N1CC(=O)Nc1cccc(S(=O)(=O)NC2=NCCC2)c1. The maximum absolute atomic E-state index is 12.6. The second kappa shape index (κ2) is 7.87. The fourth-order valence-corrected chi connectivity index (χ4v) is 4.94. The summed E-state index contributed by atoms with van der Waals surface area (Å²) < 4.78 is 27.7. The van der Waals surface area contributed by atoms with Crippen LogP contribution in [0.2, 0.25) is 0 Å². The third-order valence-electron chi connectivity index (χ3n) is 5.22. The number of hydrogen-bond acceptors (Lipinski definition) is 5. The van der Waals surface area contributed by atoms with Gasteiger partial charge in [0, 0.05) is 30.4 Å². The minimum absolute atomic E-state index is 0.102. The summed E-state index contributed by atoms with van der Waals surface area (Å²) in [7, 11) is -3.72. The Morgan fingerprint density at radius 1 is 1.21 bits per heavy atom. The van der Waals surface area contributed by atoms with Crippen LogP contribution in [0.5, 0.6) is 0 Å². The van der Waals surface area contributed by atoms with Gasteiger partial charge in [-0.25, -0.2) is 8.42 Å². The Kier molecular flexibility index (Phi) is 5.27. The van der Waals surface area contributed by atoms with E-state index in [9.17, 15) is 13.2 Å². The molecule has 29 heavy (non-hydrogen) atoms. The average molecular weight is 413 g/mol. The molecule has 0 spiro atoms. The number of nitrogens with zero attached hydrogens (tertiary/aromatic N) is 2. The van der Waals surface area contributed by atoms with Crippen LogP contribution in [0.4, 0.5) is 11.4 Å². The number of rotatable bonds is 5. The first kappa shape index (κ1) is 19.4. The first-order valence-corrected chi connectivity index (χ1v) is 11.2. The Morgan fingerprint density at radius 2 is 2.03 bits per heavy atom. The molecule has 2 aliphatic rings. The Hall–Kier alpha value is -2.87. The van der Waals surface area contributed by atoms with Crippen molar-refractivity contribution in [2.24, 2.45) is 4.99 Å². The maximum Gasteiger partial charge on any atom is 0.262 e. The van der Waals surface area contributed by atoms with Gasteiger partial charge in [-0.15, -0.1) is 0 Å². The van der Waals surface area contributed by atoms with Crippen LogP contribution in [0.1, 0.15) is 25.3 Å². The van der Waals surface area contributed by atoms with Gasteiger partial charge < -0.3 is 10.2 Å². The Balaban J connectivity index is 1.45. The third-order valence-corrected chi connectivity index (χ3v) is 6.60. The first-order valence-electron chi connectivity index (χ1n) is 9.73. The highest BCUT2D eigenvalue weighted by Gasteiger charge is 2.27. The molecule has 2 N–H and O–H groups in total. The summed E-state index contributed by atoms with van der Waals surface area (Å²) in [6.45, 7) is 2.95. The third kappa shape index (κ3) is 4.27. The molecule has 2 aromatic carbocycles. The van der Waals surface area contributed by atoms with E-state index in [1.807, 2.05) is 18.2 Å². The topological polar surface area (TPSA) is 90.9 Å². The van der Waals surface area contributed by atoms with E-state index in [0.717, 1.165) is 18.5 Å². The summed E-state index contributed by atoms with van der Waals surface area (Å²) >= 11 is 0. The van der Waals surface area contributed by atoms with Gasteiger partial charge in [0.15, 0.2) is 0 Å². The molecule has 0 radical (unpaired) electrons. The molecule has 0 saturated carbocycles. The Morgan fingerprint density at radius 3 is 2.83 bits per heavy atom. The number of amidine groups is 1. The number of benzene rings is 2. The van der Waals surface area contributed by atoms with Crippen molar-refractivity contribution in [3.63, 3.8) is 0 Å². The Bertz CT molecular complexity index is 1070. The lowest BCUT2D eigenvalue weighted by Gasteiger charge is -2.24. The van der Waals surface area contributed by atoms with E-state index in [0.29, 0.717) is 24.5 Å². The summed E-state index contributed by atoms with van der Waals surface area (Å²) in [6, 6.07) is 14.6. The van der Waals surface area contributed by atoms with Gasteiger partial charge >= 0.3 is 0 Å². The lowest BCUT2D eigenvalue weighted by molar-refractivity contribution is -0.115. The molecular formula is C21H24N4O3S. The van der Waals surface area contributed by atoms with Gasteiger partial charge in [0.25, 0.3) is 10.0 Å². The molecule has 2 aliphatic heterocycles. The lowest BCUT2D eigenvalue weighted by Crippen LogP contribution is -2.37. The fourth-order valence-electron chi connectivity index (χ4n) is 3.80. The zero-order valence-corrected chi connectivity index (χ0v) is 17.1. The minimum Gasteiger partial charge on any atom is -0.359 e. The molecule has 0 bridgehead atoms. The standard InChI is InChI=1S/C21H24N4O3S/c1-15-12-16-6-2-3-9-19(16)25(15)14-21(26)23-17-7-4-8-18(13-17)29(27,28)24-20-10-5-11-22-20/h2-4,6-9,13,15H,5,10-12,14H2,1H3,(H,22,24)(H,23,26)/t15-/m0/s1. The van der Waals surface area contributed by atoms with E-state index in [1.165, 1.54) is 17.7 Å². The van der Waals surface area contributed by atoms with E-state index in [4.69, 9.17) is 0 Å². The summed E-state index contributed by atoms with van der Waals surface area (Å²) in [4.78, 5) is 19.0. The molecule has 152 valence electrons. The summed E-state index contributed by atoms with van der Waals surface area (Å²) in [5.41, 5.74) is 2.76. The predicted molar refractivity (Wildman–Crippen MR) is 114 cm³/mol. The number of nitrogens with one attached hydrogen (secondary N) is 2. The smallest absolute Gasteiger partial charge is 0.262 e. The highest BCUT2D eigenvalue weighted by molar-refractivity contribution is 7.90. The quantitative estimate of drug-likeness (QED) is 0.790. The molecule has 0 unspecified atom stereocenters. The largest absolute Gasteiger partial charge is 0.359 e. The number of amides is 1. The van der Waals surface area contributed by atoms with Crippen LogP contribution in [-0.4, -0.2) is 39.3 Å². The van der Waals surface area contributed by atoms with Crippen LogP contribution in [-0.2, 0) is 21.2 Å². The molecule has 2 heterocycles. The minimum atomic E-state index is -3.72. The van der Waals surface area contributed by atoms with E-state index in [1.54, 1.807) is 12.1 Å². The molecule has 0 aromatic heterocycles. The molecule has 0 aliphatic carbocycles. The van der Waals surface area contributed by atoms with Crippen molar-refractivity contribution in [1.29, 1.82) is 0 Å². The lowest BCUT2D eigenvalue weighted by atomic mass is 10.1. The highest BCUT2D eigenvalue weighted by Crippen LogP contribution is 2.31. The molecule has 0 fully saturated rings. The second-order valence-corrected chi connectivity index (χ2v) is 9.11. The monoisotopic (exact) mass is 412 g/mol. The summed E-state index contributed by atoms with van der Waals surface area (Å²) in [5.74, 6) is 0.303. The second-order valence-electron chi connectivity index (χ2n) is 7.42. The molecule has 1 atom stereocenters. The number of hydrogen-bond donors (Lipinski definition) is 2. The van der Waals surface area contributed by atoms with Crippen molar-refractivity contribution in [1.82, 2.24) is 4.72 Å². The molecular weight excluding hydrogens is 388 g/mol. The first-order chi connectivity index (χ1) is 13.9. The van der Waals surface area contributed by atoms with E-state index >= 15 is 0 Å². The number of aliphatic imine (C=N–C) groups is 1. The summed E-state index contributed by atoms with van der Waals surface area (Å²) in [5, 5.41) is 2.82. The van der Waals surface area contributed by atoms with Gasteiger partial charge in [-0.3, -0.25) is 14.5 Å². The maximum atomic E-state index is 12.6. The van der Waals surface area contributed by atoms with Crippen LogP contribution < -0.4 is 14.9 Å². The number of fused-ring (bicyclic) bond motifs is 1. The molecule has 2 aromatic rings. The van der Waals surface area contributed by atoms with Crippen molar-refractivity contribution >= 4 is 33.1 Å². The number of carbonyl (C=O) groups is 1. The van der Waals surface area contributed by atoms with E-state index in [2.05, 4.69) is 32.9 Å². The van der Waals surface area contributed by atoms with Gasteiger partial charge in [-0.2, -0.15) is 0 Å². The molecule has 8 heteroatoms. The number of anilines is 2. The van der Waals surface area contributed by atoms with Gasteiger partial charge in [0.1, 0.15) is 5.84 Å². The van der Waals surface area contributed by atoms with Crippen molar-refractivity contribution in [2.75, 3.05) is 23.3 Å². The highest BCUT2D eigenvalue weighted by atomic mass is 32.2.